The zero-order valence-corrected chi connectivity index (χ0v) is 9.74. The van der Waals surface area contributed by atoms with Gasteiger partial charge < -0.3 is 4.74 Å². The molecule has 0 amide bonds. The van der Waals surface area contributed by atoms with Gasteiger partial charge in [0, 0.05) is 6.42 Å². The van der Waals surface area contributed by atoms with Gasteiger partial charge in [-0.2, -0.15) is 0 Å². The van der Waals surface area contributed by atoms with Crippen LogP contribution in [0.3, 0.4) is 0 Å². The Kier molecular flexibility index (Phi) is 3.60. The van der Waals surface area contributed by atoms with Gasteiger partial charge in [0.2, 0.25) is 0 Å². The quantitative estimate of drug-likeness (QED) is 0.779. The van der Waals surface area contributed by atoms with E-state index in [2.05, 4.69) is 19.1 Å². The molecule has 1 aliphatic rings. The first-order valence-corrected chi connectivity index (χ1v) is 6.08. The molecule has 0 N–H and O–H groups in total. The number of carbonyl (C=O) groups is 1. The van der Waals surface area contributed by atoms with E-state index in [9.17, 15) is 4.79 Å². The molecule has 2 heteroatoms. The molecule has 1 fully saturated rings. The van der Waals surface area contributed by atoms with E-state index in [4.69, 9.17) is 4.74 Å². The van der Waals surface area contributed by atoms with Crippen molar-refractivity contribution >= 4 is 5.78 Å². The van der Waals surface area contributed by atoms with Crippen LogP contribution in [-0.2, 0) is 11.2 Å². The van der Waals surface area contributed by atoms with Crippen LogP contribution in [0.5, 0.6) is 5.75 Å². The average Bonchev–Trinajstić information content (AvgIpc) is 2.33. The van der Waals surface area contributed by atoms with Gasteiger partial charge in [-0.05, 0) is 43.4 Å². The molecule has 0 bridgehead atoms. The lowest BCUT2D eigenvalue weighted by atomic mass is 9.96. The van der Waals surface area contributed by atoms with Gasteiger partial charge in [-0.1, -0.05) is 19.1 Å². The Morgan fingerprint density at radius 3 is 2.62 bits per heavy atom. The lowest BCUT2D eigenvalue weighted by Gasteiger charge is -2.21. The highest BCUT2D eigenvalue weighted by molar-refractivity contribution is 5.84. The number of hydrogen-bond donors (Lipinski definition) is 0. The minimum absolute atomic E-state index is 0.207. The second-order valence-electron chi connectivity index (χ2n) is 4.32. The van der Waals surface area contributed by atoms with Gasteiger partial charge in [-0.25, -0.2) is 0 Å². The van der Waals surface area contributed by atoms with Gasteiger partial charge in [0.25, 0.3) is 0 Å². The van der Waals surface area contributed by atoms with E-state index in [1.807, 2.05) is 12.1 Å². The predicted octanol–water partition coefficient (Wildman–Crippen LogP) is 3.14. The maximum Gasteiger partial charge on any atom is 0.173 e. The molecular weight excluding hydrogens is 200 g/mol. The van der Waals surface area contributed by atoms with Crippen LogP contribution >= 0.6 is 0 Å². The highest BCUT2D eigenvalue weighted by atomic mass is 16.5. The summed E-state index contributed by atoms with van der Waals surface area (Å²) in [5, 5.41) is 0. The van der Waals surface area contributed by atoms with E-state index in [0.29, 0.717) is 6.42 Å². The first kappa shape index (κ1) is 11.2. The number of carbonyl (C=O) groups excluding carboxylic acids is 1. The SMILES string of the molecule is CCc1ccc(OC2CCCCC2=O)cc1. The second-order valence-corrected chi connectivity index (χ2v) is 4.32. The number of Topliss-reactive ketones (excluding diaryl/α,β-unsaturated/α-hetero) is 1. The molecule has 2 nitrogen and oxygen atoms in total. The van der Waals surface area contributed by atoms with Crippen molar-refractivity contribution in [1.29, 1.82) is 0 Å². The van der Waals surface area contributed by atoms with Gasteiger partial charge in [0.1, 0.15) is 5.75 Å². The molecule has 0 saturated heterocycles. The normalized spacial score (nSPS) is 20.8. The Balaban J connectivity index is 1.99. The Morgan fingerprint density at radius 2 is 2.00 bits per heavy atom. The molecule has 1 unspecified atom stereocenters. The second kappa shape index (κ2) is 5.15. The van der Waals surface area contributed by atoms with E-state index in [0.717, 1.165) is 31.4 Å². The molecule has 0 heterocycles. The lowest BCUT2D eigenvalue weighted by Crippen LogP contribution is -2.30. The molecule has 0 radical (unpaired) electrons. The molecule has 0 aliphatic heterocycles. The fourth-order valence-corrected chi connectivity index (χ4v) is 2.04. The van der Waals surface area contributed by atoms with Crippen LogP contribution in [0.2, 0.25) is 0 Å². The maximum atomic E-state index is 11.6. The molecule has 1 aliphatic carbocycles. The summed E-state index contributed by atoms with van der Waals surface area (Å²) in [5.74, 6) is 1.07. The summed E-state index contributed by atoms with van der Waals surface area (Å²) < 4.78 is 5.72. The smallest absolute Gasteiger partial charge is 0.173 e. The van der Waals surface area contributed by atoms with Crippen molar-refractivity contribution in [1.82, 2.24) is 0 Å². The van der Waals surface area contributed by atoms with Crippen molar-refractivity contribution in [3.63, 3.8) is 0 Å². The third kappa shape index (κ3) is 2.63. The standard InChI is InChI=1S/C14H18O2/c1-2-11-7-9-12(10-8-11)16-14-6-4-3-5-13(14)15/h7-10,14H,2-6H2,1H3. The van der Waals surface area contributed by atoms with Crippen LogP contribution in [0, 0.1) is 0 Å². The minimum atomic E-state index is -0.207. The third-order valence-corrected chi connectivity index (χ3v) is 3.11. The van der Waals surface area contributed by atoms with E-state index >= 15 is 0 Å². The van der Waals surface area contributed by atoms with Gasteiger partial charge in [0.05, 0.1) is 0 Å². The number of ketones is 1. The first-order chi connectivity index (χ1) is 7.79. The summed E-state index contributed by atoms with van der Waals surface area (Å²) in [5.41, 5.74) is 1.29. The summed E-state index contributed by atoms with van der Waals surface area (Å²) in [6, 6.07) is 8.03. The third-order valence-electron chi connectivity index (χ3n) is 3.11. The van der Waals surface area contributed by atoms with Crippen LogP contribution in [0.1, 0.15) is 38.2 Å². The predicted molar refractivity (Wildman–Crippen MR) is 63.7 cm³/mol. The molecule has 1 aromatic carbocycles. The molecule has 0 aromatic heterocycles. The fourth-order valence-electron chi connectivity index (χ4n) is 2.04. The highest BCUT2D eigenvalue weighted by Crippen LogP contribution is 2.21. The molecule has 2 rings (SSSR count). The molecular formula is C14H18O2. The van der Waals surface area contributed by atoms with Gasteiger partial charge in [0.15, 0.2) is 11.9 Å². The zero-order chi connectivity index (χ0) is 11.4. The number of benzene rings is 1. The molecule has 0 spiro atoms. The summed E-state index contributed by atoms with van der Waals surface area (Å²) >= 11 is 0. The lowest BCUT2D eigenvalue weighted by molar-refractivity contribution is -0.127. The van der Waals surface area contributed by atoms with Crippen molar-refractivity contribution in [3.8, 4) is 5.75 Å². The van der Waals surface area contributed by atoms with E-state index < -0.39 is 0 Å². The van der Waals surface area contributed by atoms with E-state index in [1.54, 1.807) is 0 Å². The summed E-state index contributed by atoms with van der Waals surface area (Å²) in [6.07, 6.45) is 4.49. The monoisotopic (exact) mass is 218 g/mol. The minimum Gasteiger partial charge on any atom is -0.483 e. The van der Waals surface area contributed by atoms with Crippen molar-refractivity contribution in [2.45, 2.75) is 45.1 Å². The Labute approximate surface area is 96.6 Å². The summed E-state index contributed by atoms with van der Waals surface area (Å²) in [7, 11) is 0. The van der Waals surface area contributed by atoms with Crippen LogP contribution in [0.15, 0.2) is 24.3 Å². The number of hydrogen-bond acceptors (Lipinski definition) is 2. The Morgan fingerprint density at radius 1 is 1.25 bits per heavy atom. The van der Waals surface area contributed by atoms with Gasteiger partial charge >= 0.3 is 0 Å². The average molecular weight is 218 g/mol. The number of ether oxygens (including phenoxy) is 1. The maximum absolute atomic E-state index is 11.6. The molecule has 16 heavy (non-hydrogen) atoms. The van der Waals surface area contributed by atoms with Crippen LogP contribution in [0.4, 0.5) is 0 Å². The Bertz CT molecular complexity index is 354. The first-order valence-electron chi connectivity index (χ1n) is 6.08. The van der Waals surface area contributed by atoms with Crippen molar-refractivity contribution < 1.29 is 9.53 Å². The van der Waals surface area contributed by atoms with Crippen molar-refractivity contribution in [2.75, 3.05) is 0 Å². The van der Waals surface area contributed by atoms with E-state index in [-0.39, 0.29) is 11.9 Å². The highest BCUT2D eigenvalue weighted by Gasteiger charge is 2.23. The molecule has 1 aromatic rings. The zero-order valence-electron chi connectivity index (χ0n) is 9.74. The number of rotatable bonds is 3. The van der Waals surface area contributed by atoms with Gasteiger partial charge in [-0.3, -0.25) is 4.79 Å². The van der Waals surface area contributed by atoms with Crippen LogP contribution in [0.25, 0.3) is 0 Å². The van der Waals surface area contributed by atoms with E-state index in [1.165, 1.54) is 5.56 Å². The van der Waals surface area contributed by atoms with Crippen molar-refractivity contribution in [2.24, 2.45) is 0 Å². The molecule has 1 saturated carbocycles. The van der Waals surface area contributed by atoms with Crippen molar-refractivity contribution in [3.05, 3.63) is 29.8 Å². The van der Waals surface area contributed by atoms with Crippen LogP contribution < -0.4 is 4.74 Å². The van der Waals surface area contributed by atoms with Gasteiger partial charge in [-0.15, -0.1) is 0 Å². The Hall–Kier alpha value is -1.31. The topological polar surface area (TPSA) is 26.3 Å². The summed E-state index contributed by atoms with van der Waals surface area (Å²) in [6.45, 7) is 2.13. The summed E-state index contributed by atoms with van der Waals surface area (Å²) in [4.78, 5) is 11.6. The fraction of sp³-hybridized carbons (Fsp3) is 0.500. The number of aryl methyl sites for hydroxylation is 1. The molecule has 1 atom stereocenters. The largest absolute Gasteiger partial charge is 0.483 e. The molecule has 86 valence electrons. The van der Waals surface area contributed by atoms with Crippen LogP contribution in [-0.4, -0.2) is 11.9 Å².